The molecule has 324 valence electrons. The van der Waals surface area contributed by atoms with Gasteiger partial charge >= 0.3 is 0 Å². The van der Waals surface area contributed by atoms with E-state index in [0.717, 1.165) is 89.0 Å². The maximum absolute atomic E-state index is 9.67. The number of nitrogens with zero attached hydrogens (tertiary/aromatic N) is 1. The van der Waals surface area contributed by atoms with Crippen molar-refractivity contribution in [2.75, 3.05) is 4.90 Å². The average Bonchev–Trinajstić information content (AvgIpc) is 4.00. The number of para-hydroxylation sites is 1. The lowest BCUT2D eigenvalue weighted by Crippen LogP contribution is -2.29. The Morgan fingerprint density at radius 3 is 0.913 bits per heavy atom. The lowest BCUT2D eigenvalue weighted by Gasteiger charge is -2.36. The van der Waals surface area contributed by atoms with Crippen LogP contribution in [0.5, 0.6) is 0 Å². The summed E-state index contributed by atoms with van der Waals surface area (Å²) in [4.78, 5) is 1.90. The summed E-state index contributed by atoms with van der Waals surface area (Å²) in [5, 5.41) is 0. The summed E-state index contributed by atoms with van der Waals surface area (Å²) < 4.78 is 46.3. The van der Waals surface area contributed by atoms with E-state index in [-0.39, 0.29) is 17.8 Å². The van der Waals surface area contributed by atoms with Gasteiger partial charge in [0.1, 0.15) is 0 Å². The summed E-state index contributed by atoms with van der Waals surface area (Å²) in [5.74, 6) is 0. The molecule has 11 aromatic rings. The van der Waals surface area contributed by atoms with Gasteiger partial charge in [-0.05, 0) is 137 Å². The van der Waals surface area contributed by atoms with Crippen LogP contribution in [-0.2, 0) is 10.8 Å². The first-order valence-electron chi connectivity index (χ1n) is 26.1. The molecule has 0 unspecified atom stereocenters. The molecule has 0 amide bonds. The van der Waals surface area contributed by atoms with E-state index >= 15 is 0 Å². The summed E-state index contributed by atoms with van der Waals surface area (Å²) >= 11 is 0. The minimum Gasteiger partial charge on any atom is -0.310 e. The van der Waals surface area contributed by atoms with Crippen LogP contribution in [0.25, 0.3) is 44.5 Å². The molecule has 0 radical (unpaired) electrons. The Morgan fingerprint density at radius 1 is 0.261 bits per heavy atom. The second-order valence-electron chi connectivity index (χ2n) is 18.0. The predicted molar refractivity (Wildman–Crippen MR) is 287 cm³/mol. The van der Waals surface area contributed by atoms with Gasteiger partial charge in [-0.3, -0.25) is 0 Å². The highest BCUT2D eigenvalue weighted by Crippen LogP contribution is 2.60. The van der Waals surface area contributed by atoms with Gasteiger partial charge in [-0.1, -0.05) is 237 Å². The molecule has 0 saturated carbocycles. The molecule has 1 heteroatoms. The number of rotatable bonds is 9. The van der Waals surface area contributed by atoms with Crippen LogP contribution in [0.4, 0.5) is 17.1 Å². The van der Waals surface area contributed by atoms with Crippen LogP contribution >= 0.6 is 0 Å². The number of fused-ring (bicyclic) bond motifs is 6. The van der Waals surface area contributed by atoms with E-state index in [1.807, 2.05) is 17.0 Å². The Hall–Kier alpha value is -8.78. The van der Waals surface area contributed by atoms with Crippen molar-refractivity contribution in [3.05, 3.63) is 330 Å². The Bertz CT molecular complexity index is 3610. The lowest BCUT2D eigenvalue weighted by molar-refractivity contribution is 0.767. The van der Waals surface area contributed by atoms with Crippen molar-refractivity contribution in [3.8, 4) is 44.5 Å². The summed E-state index contributed by atoms with van der Waals surface area (Å²) in [6.45, 7) is 0. The monoisotopic (exact) mass is 882 g/mol. The predicted octanol–water partition coefficient (Wildman–Crippen LogP) is 17.2. The highest BCUT2D eigenvalue weighted by molar-refractivity contribution is 5.94. The molecule has 0 heterocycles. The van der Waals surface area contributed by atoms with E-state index in [0.29, 0.717) is 11.4 Å². The zero-order chi connectivity index (χ0) is 50.1. The molecule has 11 aromatic carbocycles. The first kappa shape index (κ1) is 35.4. The zero-order valence-corrected chi connectivity index (χ0v) is 37.7. The topological polar surface area (TPSA) is 3.24 Å². The van der Waals surface area contributed by atoms with Crippen molar-refractivity contribution >= 4 is 17.1 Å². The number of anilines is 3. The Morgan fingerprint density at radius 2 is 0.565 bits per heavy atom. The standard InChI is InChI=1S/C68H47N/c1-8-22-48(23-9-1)50-36-40-59-61-42-38-57(46-65(61)67(63(59)44-50,52-26-12-3-13-27-52)53-28-14-4-15-29-53)69(56-34-20-7-21-35-56)58-39-43-62-60-41-37-51(49-24-10-2-11-25-49)45-64(60)68(66(62)47-58,54-30-16-5-17-31-54)55-32-18-6-19-33-55/h1-47H/i7D,20D,21D,34D,35D. The minimum absolute atomic E-state index is 0.0645. The van der Waals surface area contributed by atoms with Crippen molar-refractivity contribution in [3.63, 3.8) is 0 Å². The summed E-state index contributed by atoms with van der Waals surface area (Å²) in [6, 6.07) is 88.1. The summed E-state index contributed by atoms with van der Waals surface area (Å²) in [5.41, 5.74) is 17.2. The Balaban J connectivity index is 1.11. The van der Waals surface area contributed by atoms with Crippen LogP contribution in [0, 0.1) is 0 Å². The van der Waals surface area contributed by atoms with E-state index in [2.05, 4.69) is 243 Å². The molecule has 0 aromatic heterocycles. The molecule has 13 rings (SSSR count). The molecular weight excluding hydrogens is 831 g/mol. The minimum atomic E-state index is -0.814. The van der Waals surface area contributed by atoms with Gasteiger partial charge in [0, 0.05) is 17.1 Å². The normalized spacial score (nSPS) is 14.5. The number of benzene rings is 11. The van der Waals surface area contributed by atoms with Gasteiger partial charge in [0.25, 0.3) is 0 Å². The van der Waals surface area contributed by atoms with E-state index in [1.165, 1.54) is 0 Å². The second kappa shape index (κ2) is 16.5. The number of hydrogen-bond donors (Lipinski definition) is 0. The van der Waals surface area contributed by atoms with Crippen molar-refractivity contribution in [1.82, 2.24) is 0 Å². The fourth-order valence-corrected chi connectivity index (χ4v) is 11.6. The van der Waals surface area contributed by atoms with Gasteiger partial charge in [-0.15, -0.1) is 0 Å². The van der Waals surface area contributed by atoms with Gasteiger partial charge in [-0.25, -0.2) is 0 Å². The van der Waals surface area contributed by atoms with E-state index < -0.39 is 29.0 Å². The van der Waals surface area contributed by atoms with Crippen LogP contribution in [0.1, 0.15) is 51.4 Å². The van der Waals surface area contributed by atoms with Crippen LogP contribution in [-0.4, -0.2) is 0 Å². The SMILES string of the molecule is [2H]c1c([2H])c([2H])c(N(c2ccc3c(c2)C(c2ccccc2)(c2ccccc2)c2cc(-c4ccccc4)ccc2-3)c2ccc3c(c2)C(c2ccccc2)(c2ccccc2)c2cc(-c4ccccc4)ccc2-3)c([2H])c1[2H]. The van der Waals surface area contributed by atoms with Crippen LogP contribution in [0.2, 0.25) is 0 Å². The van der Waals surface area contributed by atoms with Crippen molar-refractivity contribution in [2.24, 2.45) is 0 Å². The first-order valence-corrected chi connectivity index (χ1v) is 23.6. The molecule has 0 atom stereocenters. The van der Waals surface area contributed by atoms with Crippen LogP contribution in [0.3, 0.4) is 0 Å². The van der Waals surface area contributed by atoms with Gasteiger partial charge in [-0.2, -0.15) is 0 Å². The molecule has 0 bridgehead atoms. The molecule has 69 heavy (non-hydrogen) atoms. The molecular formula is C68H47N. The Kier molecular flexibility index (Phi) is 8.48. The zero-order valence-electron chi connectivity index (χ0n) is 42.7. The summed E-state index contributed by atoms with van der Waals surface area (Å²) in [6.07, 6.45) is 0. The van der Waals surface area contributed by atoms with E-state index in [9.17, 15) is 2.74 Å². The molecule has 0 saturated heterocycles. The number of hydrogen-bond acceptors (Lipinski definition) is 1. The van der Waals surface area contributed by atoms with E-state index in [1.54, 1.807) is 0 Å². The first-order chi connectivity index (χ1) is 36.3. The molecule has 0 spiro atoms. The van der Waals surface area contributed by atoms with Gasteiger partial charge < -0.3 is 4.90 Å². The average molecular weight is 883 g/mol. The van der Waals surface area contributed by atoms with Gasteiger partial charge in [0.2, 0.25) is 0 Å². The fourth-order valence-electron chi connectivity index (χ4n) is 11.6. The van der Waals surface area contributed by atoms with Crippen molar-refractivity contribution < 1.29 is 6.85 Å². The molecule has 0 aliphatic heterocycles. The molecule has 2 aliphatic carbocycles. The van der Waals surface area contributed by atoms with Gasteiger partial charge in [0.15, 0.2) is 0 Å². The largest absolute Gasteiger partial charge is 0.310 e. The van der Waals surface area contributed by atoms with Crippen LogP contribution in [0.15, 0.2) is 285 Å². The van der Waals surface area contributed by atoms with Crippen molar-refractivity contribution in [2.45, 2.75) is 10.8 Å². The van der Waals surface area contributed by atoms with Gasteiger partial charge in [0.05, 0.1) is 17.7 Å². The molecule has 1 nitrogen and oxygen atoms in total. The maximum Gasteiger partial charge on any atom is 0.0714 e. The fraction of sp³-hybridized carbons (Fsp3) is 0.0294. The van der Waals surface area contributed by atoms with E-state index in [4.69, 9.17) is 4.11 Å². The molecule has 2 aliphatic rings. The highest BCUT2D eigenvalue weighted by Gasteiger charge is 2.48. The smallest absolute Gasteiger partial charge is 0.0714 e. The highest BCUT2D eigenvalue weighted by atomic mass is 15.1. The quantitative estimate of drug-likeness (QED) is 0.140. The molecule has 0 fully saturated rings. The molecule has 0 N–H and O–H groups in total. The third kappa shape index (κ3) is 6.32. The Labute approximate surface area is 412 Å². The van der Waals surface area contributed by atoms with Crippen molar-refractivity contribution in [1.29, 1.82) is 0 Å². The second-order valence-corrected chi connectivity index (χ2v) is 18.0. The third-order valence-corrected chi connectivity index (χ3v) is 14.5. The maximum atomic E-state index is 9.67. The van der Waals surface area contributed by atoms with Crippen LogP contribution < -0.4 is 4.90 Å². The lowest BCUT2D eigenvalue weighted by atomic mass is 9.67. The third-order valence-electron chi connectivity index (χ3n) is 14.5. The summed E-state index contributed by atoms with van der Waals surface area (Å²) in [7, 11) is 0.